The van der Waals surface area contributed by atoms with Crippen molar-refractivity contribution in [2.45, 2.75) is 19.9 Å². The number of carbonyl (C=O) groups excluding carboxylic acids is 4. The van der Waals surface area contributed by atoms with E-state index in [4.69, 9.17) is 9.47 Å². The zero-order chi connectivity index (χ0) is 24.6. The van der Waals surface area contributed by atoms with E-state index in [9.17, 15) is 19.2 Å². The number of methoxy groups -OCH3 is 2. The highest BCUT2D eigenvalue weighted by Crippen LogP contribution is 2.43. The highest BCUT2D eigenvalue weighted by molar-refractivity contribution is 7.17. The van der Waals surface area contributed by atoms with Gasteiger partial charge < -0.3 is 9.47 Å². The Bertz CT molecular complexity index is 1300. The number of aromatic nitrogens is 2. The number of nitrogens with zero attached hydrogens (tertiary/aromatic N) is 2. The fraction of sp³-hybridized carbons (Fsp3) is 0.250. The standard InChI is InChI=1S/C24H21N3O6S/c1-12-10-14(7-8-16(12)32-3)19(28)17-18(15-6-5-9-25-11-15)27(22(30)20(17)29)24-26-13(2)21(34-24)23(31)33-4/h5-11,17-18H,1-4H3/p+1. The Morgan fingerprint density at radius 1 is 1.15 bits per heavy atom. The Morgan fingerprint density at radius 3 is 2.53 bits per heavy atom. The van der Waals surface area contributed by atoms with Gasteiger partial charge in [0.2, 0.25) is 5.78 Å². The van der Waals surface area contributed by atoms with E-state index in [-0.39, 0.29) is 10.0 Å². The van der Waals surface area contributed by atoms with Crippen molar-refractivity contribution in [1.29, 1.82) is 0 Å². The Labute approximate surface area is 199 Å². The van der Waals surface area contributed by atoms with Gasteiger partial charge in [-0.2, -0.15) is 0 Å². The average Bonchev–Trinajstić information content (AvgIpc) is 3.35. The number of aryl methyl sites for hydroxylation is 2. The average molecular weight is 481 g/mol. The van der Waals surface area contributed by atoms with Crippen LogP contribution in [0.4, 0.5) is 5.13 Å². The zero-order valence-corrected chi connectivity index (χ0v) is 19.8. The van der Waals surface area contributed by atoms with E-state index in [0.29, 0.717) is 22.6 Å². The molecule has 0 bridgehead atoms. The largest absolute Gasteiger partial charge is 0.496 e. The number of benzene rings is 1. The highest BCUT2D eigenvalue weighted by atomic mass is 32.1. The summed E-state index contributed by atoms with van der Waals surface area (Å²) < 4.78 is 10.1. The molecule has 3 aromatic rings. The summed E-state index contributed by atoms with van der Waals surface area (Å²) in [4.78, 5) is 60.9. The van der Waals surface area contributed by atoms with Gasteiger partial charge in [-0.1, -0.05) is 11.3 Å². The molecule has 34 heavy (non-hydrogen) atoms. The summed E-state index contributed by atoms with van der Waals surface area (Å²) in [6.45, 7) is 3.41. The molecule has 1 aliphatic rings. The minimum atomic E-state index is -1.29. The van der Waals surface area contributed by atoms with Crippen molar-refractivity contribution in [3.63, 3.8) is 0 Å². The Balaban J connectivity index is 1.83. The molecule has 2 atom stereocenters. The number of esters is 1. The minimum absolute atomic E-state index is 0.145. The van der Waals surface area contributed by atoms with Crippen molar-refractivity contribution < 1.29 is 33.6 Å². The molecule has 0 saturated carbocycles. The second-order valence-electron chi connectivity index (χ2n) is 7.75. The number of carbonyl (C=O) groups is 4. The first kappa shape index (κ1) is 23.2. The van der Waals surface area contributed by atoms with E-state index in [0.717, 1.165) is 16.9 Å². The van der Waals surface area contributed by atoms with E-state index >= 15 is 0 Å². The van der Waals surface area contributed by atoms with Crippen molar-refractivity contribution in [2.75, 3.05) is 19.1 Å². The van der Waals surface area contributed by atoms with Gasteiger partial charge in [-0.15, -0.1) is 0 Å². The predicted octanol–water partition coefficient (Wildman–Crippen LogP) is 2.53. The van der Waals surface area contributed by atoms with Gasteiger partial charge in [-0.3, -0.25) is 19.3 Å². The fourth-order valence-electron chi connectivity index (χ4n) is 4.05. The van der Waals surface area contributed by atoms with E-state index < -0.39 is 35.4 Å². The lowest BCUT2D eigenvalue weighted by Gasteiger charge is -2.24. The normalized spacial score (nSPS) is 17.7. The molecule has 1 saturated heterocycles. The smallest absolute Gasteiger partial charge is 0.350 e. The molecule has 1 aliphatic heterocycles. The van der Waals surface area contributed by atoms with Gasteiger partial charge in [0.1, 0.15) is 16.5 Å². The quantitative estimate of drug-likeness (QED) is 0.230. The molecule has 0 radical (unpaired) electrons. The lowest BCUT2D eigenvalue weighted by molar-refractivity contribution is -0.378. The number of ketones is 2. The van der Waals surface area contributed by atoms with Gasteiger partial charge in [0.05, 0.1) is 26.0 Å². The summed E-state index contributed by atoms with van der Waals surface area (Å²) in [5.41, 5.74) is 1.94. The summed E-state index contributed by atoms with van der Waals surface area (Å²) in [6, 6.07) is 7.36. The summed E-state index contributed by atoms with van der Waals surface area (Å²) in [6.07, 6.45) is 3.31. The number of nitrogens with one attached hydrogen (secondary N) is 1. The summed E-state index contributed by atoms with van der Waals surface area (Å²) in [7, 11) is 2.78. The summed E-state index contributed by atoms with van der Waals surface area (Å²) in [5, 5.41) is 0.145. The topological polar surface area (TPSA) is 117 Å². The third-order valence-electron chi connectivity index (χ3n) is 5.70. The number of thiazole rings is 1. The lowest BCUT2D eigenvalue weighted by atomic mass is 9.86. The van der Waals surface area contributed by atoms with Crippen LogP contribution < -0.4 is 14.6 Å². The summed E-state index contributed by atoms with van der Waals surface area (Å²) in [5.74, 6) is -3.45. The molecule has 0 aliphatic carbocycles. The first-order valence-corrected chi connectivity index (χ1v) is 11.2. The molecule has 3 heterocycles. The molecule has 2 aromatic heterocycles. The van der Waals surface area contributed by atoms with E-state index in [2.05, 4.69) is 9.97 Å². The highest BCUT2D eigenvalue weighted by Gasteiger charge is 2.54. The molecule has 0 spiro atoms. The van der Waals surface area contributed by atoms with Crippen LogP contribution in [-0.2, 0) is 14.3 Å². The van der Waals surface area contributed by atoms with Gasteiger partial charge in [0.25, 0.3) is 5.91 Å². The molecule has 2 unspecified atom stereocenters. The van der Waals surface area contributed by atoms with Crippen molar-refractivity contribution >= 4 is 39.9 Å². The first-order valence-electron chi connectivity index (χ1n) is 10.4. The third-order valence-corrected chi connectivity index (χ3v) is 6.84. The summed E-state index contributed by atoms with van der Waals surface area (Å²) >= 11 is 0.940. The third kappa shape index (κ3) is 3.86. The van der Waals surface area contributed by atoms with Crippen molar-refractivity contribution in [1.82, 2.24) is 4.98 Å². The van der Waals surface area contributed by atoms with Crippen LogP contribution >= 0.6 is 11.3 Å². The molecule has 1 fully saturated rings. The fourth-order valence-corrected chi connectivity index (χ4v) is 5.07. The number of pyridine rings is 1. The van der Waals surface area contributed by atoms with Crippen LogP contribution in [0, 0.1) is 19.8 Å². The van der Waals surface area contributed by atoms with Crippen molar-refractivity contribution in [2.24, 2.45) is 5.92 Å². The number of rotatable bonds is 6. The molecule has 174 valence electrons. The number of ether oxygens (including phenoxy) is 2. The van der Waals surface area contributed by atoms with E-state index in [1.54, 1.807) is 56.6 Å². The maximum Gasteiger partial charge on any atom is 0.350 e. The zero-order valence-electron chi connectivity index (χ0n) is 18.9. The van der Waals surface area contributed by atoms with Gasteiger partial charge >= 0.3 is 5.97 Å². The van der Waals surface area contributed by atoms with Gasteiger partial charge in [-0.25, -0.2) is 14.8 Å². The van der Waals surface area contributed by atoms with Crippen LogP contribution in [0.1, 0.15) is 42.9 Å². The Morgan fingerprint density at radius 2 is 1.91 bits per heavy atom. The molecule has 9 nitrogen and oxygen atoms in total. The molecular formula is C24H22N3O6S+. The van der Waals surface area contributed by atoms with Crippen molar-refractivity contribution in [3.8, 4) is 5.75 Å². The number of H-pyrrole nitrogens is 1. The predicted molar refractivity (Wildman–Crippen MR) is 122 cm³/mol. The Hall–Kier alpha value is -3.92. The van der Waals surface area contributed by atoms with Gasteiger partial charge in [-0.05, 0) is 43.7 Å². The monoisotopic (exact) mass is 480 g/mol. The maximum absolute atomic E-state index is 13.6. The number of Topliss-reactive ketones (excluding diaryl/α,β-unsaturated/α-hetero) is 2. The molecule has 1 aromatic carbocycles. The first-order chi connectivity index (χ1) is 16.3. The van der Waals surface area contributed by atoms with Crippen LogP contribution in [-0.4, -0.2) is 42.6 Å². The number of anilines is 1. The number of amides is 1. The molecule has 1 N–H and O–H groups in total. The van der Waals surface area contributed by atoms with Crippen molar-refractivity contribution in [3.05, 3.63) is 70.0 Å². The molecule has 10 heteroatoms. The van der Waals surface area contributed by atoms with Crippen LogP contribution in [0.2, 0.25) is 0 Å². The van der Waals surface area contributed by atoms with Gasteiger partial charge in [0, 0.05) is 17.2 Å². The second-order valence-corrected chi connectivity index (χ2v) is 8.73. The van der Waals surface area contributed by atoms with E-state index in [1.807, 2.05) is 0 Å². The number of hydrogen-bond acceptors (Lipinski definition) is 8. The molecular weight excluding hydrogens is 458 g/mol. The molecule has 4 rings (SSSR count). The second kappa shape index (κ2) is 9.14. The minimum Gasteiger partial charge on any atom is -0.496 e. The van der Waals surface area contributed by atoms with E-state index in [1.165, 1.54) is 19.1 Å². The van der Waals surface area contributed by atoms with Crippen LogP contribution in [0.3, 0.4) is 0 Å². The SMILES string of the molecule is COC(=O)c1sc(N2C(=O)C(=O)C(C(=O)c3ccc(OC)c(C)c3)C2c2ccc[nH+]c2)nc1C. The maximum atomic E-state index is 13.6. The van der Waals surface area contributed by atoms with Crippen LogP contribution in [0.5, 0.6) is 5.75 Å². The Kier molecular flexibility index (Phi) is 6.25. The number of hydrogen-bond donors (Lipinski definition) is 0. The lowest BCUT2D eigenvalue weighted by Crippen LogP contribution is -2.31. The number of aromatic amines is 1. The van der Waals surface area contributed by atoms with Crippen LogP contribution in [0.15, 0.2) is 42.7 Å². The van der Waals surface area contributed by atoms with Gasteiger partial charge in [0.15, 0.2) is 23.3 Å². The molecule has 1 amide bonds. The van der Waals surface area contributed by atoms with Crippen LogP contribution in [0.25, 0.3) is 0 Å².